The Bertz CT molecular complexity index is 1170. The summed E-state index contributed by atoms with van der Waals surface area (Å²) in [7, 11) is 0. The molecule has 0 aliphatic heterocycles. The predicted octanol–water partition coefficient (Wildman–Crippen LogP) is 1.34. The average molecular weight is 805 g/mol. The Balaban J connectivity index is 4.03. The zero-order valence-electron chi connectivity index (χ0n) is 32.8. The number of nitrogens with one attached hydrogen (secondary N) is 4. The summed E-state index contributed by atoms with van der Waals surface area (Å²) in [4.78, 5) is 93.3. The van der Waals surface area contributed by atoms with Crippen LogP contribution in [0.5, 0.6) is 0 Å². The molecule has 0 aromatic carbocycles. The van der Waals surface area contributed by atoms with Crippen molar-refractivity contribution in [3.63, 3.8) is 0 Å². The molecular weight excluding hydrogens is 740 g/mol. The van der Waals surface area contributed by atoms with Gasteiger partial charge in [0, 0.05) is 38.8 Å². The van der Waals surface area contributed by atoms with E-state index in [1.54, 1.807) is 0 Å². The van der Waals surface area contributed by atoms with Crippen molar-refractivity contribution >= 4 is 47.3 Å². The van der Waals surface area contributed by atoms with Crippen LogP contribution in [-0.2, 0) is 57.3 Å². The van der Waals surface area contributed by atoms with Crippen LogP contribution in [0.15, 0.2) is 0 Å². The lowest BCUT2D eigenvalue weighted by Crippen LogP contribution is -2.44. The molecule has 0 radical (unpaired) electrons. The maximum Gasteiger partial charge on any atom is 0.326 e. The fourth-order valence-electron chi connectivity index (χ4n) is 5.06. The molecule has 0 aromatic heterocycles. The first-order chi connectivity index (χ1) is 26.8. The monoisotopic (exact) mass is 804 g/mol. The molecule has 0 heterocycles. The number of hydrogen-bond acceptors (Lipinski definition) is 12. The van der Waals surface area contributed by atoms with Crippen molar-refractivity contribution in [2.45, 2.75) is 122 Å². The van der Waals surface area contributed by atoms with Crippen LogP contribution >= 0.6 is 0 Å². The molecule has 0 bridgehead atoms. The minimum atomic E-state index is -1.38. The molecule has 0 aromatic rings. The molecule has 0 spiro atoms. The second-order valence-electron chi connectivity index (χ2n) is 13.2. The van der Waals surface area contributed by atoms with Crippen LogP contribution in [0.3, 0.4) is 0 Å². The molecule has 0 unspecified atom stereocenters. The van der Waals surface area contributed by atoms with E-state index in [4.69, 9.17) is 24.1 Å². The average Bonchev–Trinajstić information content (AvgIpc) is 3.13. The second kappa shape index (κ2) is 35.2. The Hall–Kier alpha value is -4.20. The molecule has 19 nitrogen and oxygen atoms in total. The number of ketones is 1. The van der Waals surface area contributed by atoms with Crippen molar-refractivity contribution in [2.24, 2.45) is 0 Å². The van der Waals surface area contributed by atoms with Gasteiger partial charge in [-0.3, -0.25) is 28.8 Å². The summed E-state index contributed by atoms with van der Waals surface area (Å²) in [6.45, 7) is 2.98. The molecule has 56 heavy (non-hydrogen) atoms. The SMILES string of the molecule is CC(=O)COCCOCCNC(=O)COCCOCCNC(=O)CC[C@H](NC(=O)CC[C@H](NC(=O)CCCCCCCCCCCCC(=O)O)C(=O)O)C(=O)O. The molecule has 322 valence electrons. The van der Waals surface area contributed by atoms with Gasteiger partial charge >= 0.3 is 17.9 Å². The third-order valence-electron chi connectivity index (χ3n) is 8.05. The molecular formula is C37H64N4O15. The number of unbranched alkanes of at least 4 members (excludes halogenated alkanes) is 9. The number of Topliss-reactive ketones (excluding diaryl/α,β-unsaturated/α-hetero) is 1. The van der Waals surface area contributed by atoms with Crippen LogP contribution in [0.1, 0.15) is 110 Å². The number of rotatable bonds is 39. The van der Waals surface area contributed by atoms with E-state index in [0.717, 1.165) is 51.4 Å². The Morgan fingerprint density at radius 2 is 0.839 bits per heavy atom. The Morgan fingerprint density at radius 1 is 0.446 bits per heavy atom. The smallest absolute Gasteiger partial charge is 0.326 e. The molecule has 0 aliphatic carbocycles. The van der Waals surface area contributed by atoms with Gasteiger partial charge in [0.05, 0.1) is 39.6 Å². The summed E-state index contributed by atoms with van der Waals surface area (Å²) < 4.78 is 20.9. The first-order valence-electron chi connectivity index (χ1n) is 19.4. The van der Waals surface area contributed by atoms with Crippen molar-refractivity contribution in [3.05, 3.63) is 0 Å². The standard InChI is InChI=1S/C37H64N4O15/c1-28(42)26-55-24-22-54-21-19-39-34(46)27-56-25-23-53-20-18-38-31(43)16-14-29(36(49)50)41-33(45)17-15-30(37(51)52)40-32(44)12-10-8-6-4-2-3-5-7-9-11-13-35(47)48/h29-30H,2-27H2,1H3,(H,38,43)(H,39,46)(H,40,44)(H,41,45)(H,47,48)(H,49,50)(H,51,52)/t29-,30-/m0/s1. The topological polar surface area (TPSA) is 282 Å². The number of ether oxygens (including phenoxy) is 4. The van der Waals surface area contributed by atoms with Gasteiger partial charge in [-0.25, -0.2) is 9.59 Å². The summed E-state index contributed by atoms with van der Waals surface area (Å²) in [6, 6.07) is -2.70. The van der Waals surface area contributed by atoms with Gasteiger partial charge in [-0.2, -0.15) is 0 Å². The first kappa shape index (κ1) is 51.8. The molecule has 0 rings (SSSR count). The van der Waals surface area contributed by atoms with Crippen LogP contribution < -0.4 is 21.3 Å². The van der Waals surface area contributed by atoms with Gasteiger partial charge in [0.25, 0.3) is 0 Å². The number of amides is 4. The van der Waals surface area contributed by atoms with Gasteiger partial charge in [-0.05, 0) is 32.6 Å². The fourth-order valence-corrected chi connectivity index (χ4v) is 5.06. The lowest BCUT2D eigenvalue weighted by molar-refractivity contribution is -0.143. The van der Waals surface area contributed by atoms with Gasteiger partial charge in [-0.15, -0.1) is 0 Å². The third kappa shape index (κ3) is 34.3. The highest BCUT2D eigenvalue weighted by molar-refractivity contribution is 5.86. The van der Waals surface area contributed by atoms with Crippen molar-refractivity contribution in [3.8, 4) is 0 Å². The molecule has 2 atom stereocenters. The van der Waals surface area contributed by atoms with E-state index in [1.807, 2.05) is 0 Å². The zero-order chi connectivity index (χ0) is 41.8. The number of carboxylic acid groups (broad SMARTS) is 3. The molecule has 19 heteroatoms. The van der Waals surface area contributed by atoms with Crippen LogP contribution in [0.4, 0.5) is 0 Å². The van der Waals surface area contributed by atoms with Gasteiger partial charge in [-0.1, -0.05) is 51.4 Å². The summed E-state index contributed by atoms with van der Waals surface area (Å²) in [5, 5.41) is 37.6. The van der Waals surface area contributed by atoms with E-state index in [9.17, 15) is 48.6 Å². The minimum Gasteiger partial charge on any atom is -0.481 e. The van der Waals surface area contributed by atoms with Gasteiger partial charge < -0.3 is 55.5 Å². The molecule has 0 aliphatic rings. The van der Waals surface area contributed by atoms with Crippen molar-refractivity contribution < 1.29 is 72.6 Å². The Kier molecular flexibility index (Phi) is 32.6. The van der Waals surface area contributed by atoms with E-state index < -0.39 is 47.7 Å². The molecule has 0 saturated carbocycles. The highest BCUT2D eigenvalue weighted by atomic mass is 16.5. The van der Waals surface area contributed by atoms with Crippen LogP contribution in [-0.4, -0.2) is 141 Å². The maximum absolute atomic E-state index is 12.4. The van der Waals surface area contributed by atoms with E-state index in [2.05, 4.69) is 21.3 Å². The van der Waals surface area contributed by atoms with E-state index in [1.165, 1.54) is 6.92 Å². The number of aliphatic carboxylic acids is 3. The second-order valence-corrected chi connectivity index (χ2v) is 13.2. The molecule has 4 amide bonds. The zero-order valence-corrected chi connectivity index (χ0v) is 32.8. The number of carbonyl (C=O) groups excluding carboxylic acids is 5. The number of carbonyl (C=O) groups is 8. The van der Waals surface area contributed by atoms with E-state index in [0.29, 0.717) is 19.4 Å². The summed E-state index contributed by atoms with van der Waals surface area (Å²) in [6.07, 6.45) is 8.55. The largest absolute Gasteiger partial charge is 0.481 e. The fraction of sp³-hybridized carbons (Fsp3) is 0.784. The first-order valence-corrected chi connectivity index (χ1v) is 19.4. The van der Waals surface area contributed by atoms with Crippen LogP contribution in [0.25, 0.3) is 0 Å². The van der Waals surface area contributed by atoms with Crippen molar-refractivity contribution in [1.29, 1.82) is 0 Å². The summed E-state index contributed by atoms with van der Waals surface area (Å²) >= 11 is 0. The number of carboxylic acids is 3. The predicted molar refractivity (Wildman–Crippen MR) is 201 cm³/mol. The summed E-state index contributed by atoms with van der Waals surface area (Å²) in [5.41, 5.74) is 0. The minimum absolute atomic E-state index is 0.0356. The highest BCUT2D eigenvalue weighted by Gasteiger charge is 2.24. The van der Waals surface area contributed by atoms with Crippen molar-refractivity contribution in [2.75, 3.05) is 65.9 Å². The van der Waals surface area contributed by atoms with Gasteiger partial charge in [0.2, 0.25) is 23.6 Å². The molecule has 7 N–H and O–H groups in total. The normalized spacial score (nSPS) is 11.9. The van der Waals surface area contributed by atoms with E-state index >= 15 is 0 Å². The Labute approximate surface area is 328 Å². The third-order valence-corrected chi connectivity index (χ3v) is 8.05. The van der Waals surface area contributed by atoms with Crippen LogP contribution in [0, 0.1) is 0 Å². The van der Waals surface area contributed by atoms with Gasteiger partial charge in [0.15, 0.2) is 5.78 Å². The van der Waals surface area contributed by atoms with Gasteiger partial charge in [0.1, 0.15) is 25.3 Å². The lowest BCUT2D eigenvalue weighted by atomic mass is 10.0. The van der Waals surface area contributed by atoms with Crippen LogP contribution in [0.2, 0.25) is 0 Å². The Morgan fingerprint density at radius 3 is 1.30 bits per heavy atom. The quantitative estimate of drug-likeness (QED) is 0.0432. The van der Waals surface area contributed by atoms with E-state index in [-0.39, 0.29) is 110 Å². The maximum atomic E-state index is 12.4. The summed E-state index contributed by atoms with van der Waals surface area (Å²) in [5.74, 6) is -5.49. The highest BCUT2D eigenvalue weighted by Crippen LogP contribution is 2.12. The number of hydrogen-bond donors (Lipinski definition) is 7. The molecule has 0 saturated heterocycles. The lowest BCUT2D eigenvalue weighted by Gasteiger charge is -2.17. The molecule has 0 fully saturated rings. The van der Waals surface area contributed by atoms with Crippen molar-refractivity contribution in [1.82, 2.24) is 21.3 Å².